The third kappa shape index (κ3) is 3.14. The van der Waals surface area contributed by atoms with Crippen molar-refractivity contribution >= 4 is 23.6 Å². The average molecular weight is 244 g/mol. The van der Waals surface area contributed by atoms with Gasteiger partial charge in [0.25, 0.3) is 5.91 Å². The van der Waals surface area contributed by atoms with Gasteiger partial charge in [-0.25, -0.2) is 0 Å². The highest BCUT2D eigenvalue weighted by molar-refractivity contribution is 8.00. The standard InChI is InChI=1S/C11H20N2O2S/c1-3-5-8-6-9(14)13(7-8)11(10(12)15)16-4-2/h8,11H,3-7H2,1-2H3,(H2,12,15)/t8-,11+/m1/s1. The van der Waals surface area contributed by atoms with Crippen molar-refractivity contribution in [1.82, 2.24) is 4.90 Å². The van der Waals surface area contributed by atoms with Crippen molar-refractivity contribution in [3.05, 3.63) is 0 Å². The van der Waals surface area contributed by atoms with Crippen LogP contribution in [0.1, 0.15) is 33.1 Å². The first-order valence-electron chi connectivity index (χ1n) is 5.80. The maximum Gasteiger partial charge on any atom is 0.250 e. The molecule has 16 heavy (non-hydrogen) atoms. The van der Waals surface area contributed by atoms with E-state index in [1.807, 2.05) is 6.92 Å². The summed E-state index contributed by atoms with van der Waals surface area (Å²) in [6, 6.07) is 0. The molecule has 5 heteroatoms. The SMILES string of the molecule is CCC[C@@H]1CC(=O)N([C@@H](SCC)C(N)=O)C1. The highest BCUT2D eigenvalue weighted by Gasteiger charge is 2.36. The molecule has 1 fully saturated rings. The summed E-state index contributed by atoms with van der Waals surface area (Å²) in [4.78, 5) is 24.7. The fourth-order valence-corrected chi connectivity index (χ4v) is 2.98. The molecule has 0 aromatic carbocycles. The topological polar surface area (TPSA) is 63.4 Å². The zero-order valence-corrected chi connectivity index (χ0v) is 10.8. The Morgan fingerprint density at radius 2 is 2.31 bits per heavy atom. The summed E-state index contributed by atoms with van der Waals surface area (Å²) in [6.45, 7) is 4.76. The maximum atomic E-state index is 11.8. The average Bonchev–Trinajstić information content (AvgIpc) is 2.56. The van der Waals surface area contributed by atoms with E-state index in [0.29, 0.717) is 18.9 Å². The fourth-order valence-electron chi connectivity index (χ4n) is 2.12. The van der Waals surface area contributed by atoms with E-state index in [0.717, 1.165) is 18.6 Å². The third-order valence-electron chi connectivity index (χ3n) is 2.79. The van der Waals surface area contributed by atoms with Gasteiger partial charge in [0.05, 0.1) is 0 Å². The smallest absolute Gasteiger partial charge is 0.250 e. The Labute approximate surface area is 101 Å². The van der Waals surface area contributed by atoms with Crippen molar-refractivity contribution in [2.45, 2.75) is 38.5 Å². The van der Waals surface area contributed by atoms with Gasteiger partial charge in [-0.1, -0.05) is 20.3 Å². The Bertz CT molecular complexity index is 271. The number of likely N-dealkylation sites (tertiary alicyclic amines) is 1. The predicted octanol–water partition coefficient (Wildman–Crippen LogP) is 1.20. The minimum absolute atomic E-state index is 0.0724. The molecule has 1 saturated heterocycles. The quantitative estimate of drug-likeness (QED) is 0.763. The Morgan fingerprint density at radius 3 is 2.81 bits per heavy atom. The van der Waals surface area contributed by atoms with Crippen LogP contribution < -0.4 is 5.73 Å². The normalized spacial score (nSPS) is 22.5. The second-order valence-electron chi connectivity index (χ2n) is 4.11. The van der Waals surface area contributed by atoms with Gasteiger partial charge in [0.15, 0.2) is 5.37 Å². The van der Waals surface area contributed by atoms with E-state index in [1.54, 1.807) is 4.90 Å². The van der Waals surface area contributed by atoms with Crippen LogP contribution in [0.2, 0.25) is 0 Å². The van der Waals surface area contributed by atoms with Gasteiger partial charge in [0.1, 0.15) is 0 Å². The molecule has 0 saturated carbocycles. The molecule has 1 heterocycles. The number of primary amides is 1. The second-order valence-corrected chi connectivity index (χ2v) is 5.47. The first kappa shape index (κ1) is 13.4. The van der Waals surface area contributed by atoms with Crippen LogP contribution in [0.15, 0.2) is 0 Å². The summed E-state index contributed by atoms with van der Waals surface area (Å²) in [5, 5.41) is -0.473. The predicted molar refractivity (Wildman–Crippen MR) is 65.8 cm³/mol. The molecule has 0 aromatic heterocycles. The minimum atomic E-state index is -0.473. The number of amides is 2. The number of nitrogens with zero attached hydrogens (tertiary/aromatic N) is 1. The van der Waals surface area contributed by atoms with Crippen molar-refractivity contribution in [1.29, 1.82) is 0 Å². The Morgan fingerprint density at radius 1 is 1.62 bits per heavy atom. The lowest BCUT2D eigenvalue weighted by atomic mass is 10.0. The Kier molecular flexibility index (Phi) is 5.12. The molecular weight excluding hydrogens is 224 g/mol. The van der Waals surface area contributed by atoms with E-state index in [2.05, 4.69) is 6.92 Å². The van der Waals surface area contributed by atoms with Crippen molar-refractivity contribution < 1.29 is 9.59 Å². The van der Waals surface area contributed by atoms with Crippen LogP contribution in [0.4, 0.5) is 0 Å². The van der Waals surface area contributed by atoms with Crippen molar-refractivity contribution in [2.75, 3.05) is 12.3 Å². The summed E-state index contributed by atoms with van der Waals surface area (Å²) in [6.07, 6.45) is 2.69. The van der Waals surface area contributed by atoms with E-state index in [9.17, 15) is 9.59 Å². The molecule has 2 N–H and O–H groups in total. The summed E-state index contributed by atoms with van der Waals surface area (Å²) < 4.78 is 0. The zero-order valence-electron chi connectivity index (χ0n) is 9.94. The zero-order chi connectivity index (χ0) is 12.1. The van der Waals surface area contributed by atoms with Gasteiger partial charge >= 0.3 is 0 Å². The molecule has 4 nitrogen and oxygen atoms in total. The van der Waals surface area contributed by atoms with Gasteiger partial charge < -0.3 is 10.6 Å². The lowest BCUT2D eigenvalue weighted by Gasteiger charge is -2.24. The van der Waals surface area contributed by atoms with Gasteiger partial charge in [0.2, 0.25) is 5.91 Å². The van der Waals surface area contributed by atoms with E-state index in [1.165, 1.54) is 11.8 Å². The molecule has 1 aliphatic heterocycles. The minimum Gasteiger partial charge on any atom is -0.367 e. The molecule has 2 atom stereocenters. The summed E-state index contributed by atoms with van der Waals surface area (Å²) in [7, 11) is 0. The Balaban J connectivity index is 2.64. The van der Waals surface area contributed by atoms with E-state index in [4.69, 9.17) is 5.73 Å². The second kappa shape index (κ2) is 6.13. The summed E-state index contributed by atoms with van der Waals surface area (Å²) in [5.74, 6) is 0.855. The first-order valence-corrected chi connectivity index (χ1v) is 6.85. The van der Waals surface area contributed by atoms with Crippen LogP contribution >= 0.6 is 11.8 Å². The first-order chi connectivity index (χ1) is 7.60. The molecule has 2 amide bonds. The van der Waals surface area contributed by atoms with Crippen molar-refractivity contribution in [3.8, 4) is 0 Å². The maximum absolute atomic E-state index is 11.8. The van der Waals surface area contributed by atoms with E-state index < -0.39 is 11.3 Å². The summed E-state index contributed by atoms with van der Waals surface area (Å²) in [5.41, 5.74) is 5.33. The van der Waals surface area contributed by atoms with Gasteiger partial charge in [-0.15, -0.1) is 11.8 Å². The molecule has 0 bridgehead atoms. The van der Waals surface area contributed by atoms with Crippen molar-refractivity contribution in [2.24, 2.45) is 11.7 Å². The lowest BCUT2D eigenvalue weighted by Crippen LogP contribution is -2.43. The van der Waals surface area contributed by atoms with E-state index in [-0.39, 0.29) is 5.91 Å². The molecule has 0 radical (unpaired) electrons. The molecule has 0 aliphatic carbocycles. The van der Waals surface area contributed by atoms with Crippen LogP contribution in [0, 0.1) is 5.92 Å². The summed E-state index contributed by atoms with van der Waals surface area (Å²) >= 11 is 1.44. The number of nitrogens with two attached hydrogens (primary N) is 1. The number of hydrogen-bond donors (Lipinski definition) is 1. The number of carbonyl (C=O) groups is 2. The number of hydrogen-bond acceptors (Lipinski definition) is 3. The highest BCUT2D eigenvalue weighted by Crippen LogP contribution is 2.27. The van der Waals surface area contributed by atoms with Crippen LogP contribution in [0.5, 0.6) is 0 Å². The highest BCUT2D eigenvalue weighted by atomic mass is 32.2. The Hall–Kier alpha value is -0.710. The third-order valence-corrected chi connectivity index (χ3v) is 3.92. The van der Waals surface area contributed by atoms with Crippen LogP contribution in [0.25, 0.3) is 0 Å². The van der Waals surface area contributed by atoms with Gasteiger partial charge in [-0.2, -0.15) is 0 Å². The van der Waals surface area contributed by atoms with Crippen LogP contribution in [-0.4, -0.2) is 34.4 Å². The molecule has 0 aromatic rings. The van der Waals surface area contributed by atoms with Crippen molar-refractivity contribution in [3.63, 3.8) is 0 Å². The lowest BCUT2D eigenvalue weighted by molar-refractivity contribution is -0.133. The molecule has 1 rings (SSSR count). The number of carbonyl (C=O) groups excluding carboxylic acids is 2. The fraction of sp³-hybridized carbons (Fsp3) is 0.818. The number of rotatable bonds is 6. The van der Waals surface area contributed by atoms with Crippen LogP contribution in [0.3, 0.4) is 0 Å². The molecular formula is C11H20N2O2S. The monoisotopic (exact) mass is 244 g/mol. The molecule has 92 valence electrons. The van der Waals surface area contributed by atoms with Crippen LogP contribution in [-0.2, 0) is 9.59 Å². The van der Waals surface area contributed by atoms with Gasteiger partial charge in [-0.05, 0) is 18.1 Å². The molecule has 1 aliphatic rings. The number of thioether (sulfide) groups is 1. The van der Waals surface area contributed by atoms with E-state index >= 15 is 0 Å². The largest absolute Gasteiger partial charge is 0.367 e. The molecule has 0 spiro atoms. The van der Waals surface area contributed by atoms with Gasteiger partial charge in [0, 0.05) is 13.0 Å². The van der Waals surface area contributed by atoms with Gasteiger partial charge in [-0.3, -0.25) is 9.59 Å². The molecule has 0 unspecified atom stereocenters.